The number of carbonyl (C=O) groups excluding carboxylic acids is 3. The van der Waals surface area contributed by atoms with Crippen molar-refractivity contribution in [2.45, 2.75) is 38.6 Å². The fraction of sp³-hybridized carbons (Fsp3) is 0.265. The molecule has 10 heteroatoms. The molecule has 0 unspecified atom stereocenters. The lowest BCUT2D eigenvalue weighted by atomic mass is 10.0. The van der Waals surface area contributed by atoms with E-state index in [9.17, 15) is 23.9 Å². The summed E-state index contributed by atoms with van der Waals surface area (Å²) in [5.41, 5.74) is 2.45. The number of nitrogens with zero attached hydrogens (tertiary/aromatic N) is 4. The summed E-state index contributed by atoms with van der Waals surface area (Å²) in [7, 11) is 3.36. The molecule has 2 N–H and O–H groups in total. The molecular weight excluding hydrogens is 561 g/mol. The summed E-state index contributed by atoms with van der Waals surface area (Å²) in [5, 5.41) is 17.7. The quantitative estimate of drug-likeness (QED) is 0.312. The van der Waals surface area contributed by atoms with E-state index in [-0.39, 0.29) is 42.9 Å². The van der Waals surface area contributed by atoms with Gasteiger partial charge in [-0.3, -0.25) is 9.59 Å². The van der Waals surface area contributed by atoms with Gasteiger partial charge < -0.3 is 20.2 Å². The number of nitrogens with one attached hydrogen (secondary N) is 1. The Kier molecular flexibility index (Phi) is 9.10. The third-order valence-electron chi connectivity index (χ3n) is 7.99. The van der Waals surface area contributed by atoms with Crippen LogP contribution in [0.15, 0.2) is 91.0 Å². The van der Waals surface area contributed by atoms with Gasteiger partial charge in [-0.25, -0.2) is 19.2 Å². The lowest BCUT2D eigenvalue weighted by molar-refractivity contribution is -0.171. The number of phenolic OH excluding ortho intramolecular Hbond substituents is 1. The van der Waals surface area contributed by atoms with Gasteiger partial charge >= 0.3 is 6.03 Å². The summed E-state index contributed by atoms with van der Waals surface area (Å²) in [6, 6.07) is 24.9. The molecule has 4 amide bonds. The predicted octanol–water partition coefficient (Wildman–Crippen LogP) is 4.50. The molecule has 0 spiro atoms. The Balaban J connectivity index is 1.41. The fourth-order valence-electron chi connectivity index (χ4n) is 5.76. The van der Waals surface area contributed by atoms with Crippen molar-refractivity contribution in [1.29, 1.82) is 0 Å². The minimum absolute atomic E-state index is 0.0951. The van der Waals surface area contributed by atoms with E-state index in [1.807, 2.05) is 42.5 Å². The van der Waals surface area contributed by atoms with Crippen molar-refractivity contribution in [1.82, 2.24) is 25.1 Å². The van der Waals surface area contributed by atoms with Crippen molar-refractivity contribution in [3.05, 3.63) is 114 Å². The fourth-order valence-corrected chi connectivity index (χ4v) is 5.76. The maximum atomic E-state index is 14.3. The second kappa shape index (κ2) is 13.1. The molecule has 2 atom stereocenters. The van der Waals surface area contributed by atoms with E-state index in [1.165, 1.54) is 27.1 Å². The molecule has 0 bridgehead atoms. The monoisotopic (exact) mass is 597 g/mol. The third-order valence-corrected chi connectivity index (χ3v) is 7.99. The topological polar surface area (TPSA) is 96.4 Å². The second-order valence-corrected chi connectivity index (χ2v) is 11.1. The molecule has 0 saturated carbocycles. The first-order valence-electron chi connectivity index (χ1n) is 14.5. The summed E-state index contributed by atoms with van der Waals surface area (Å²) in [4.78, 5) is 44.4. The van der Waals surface area contributed by atoms with Gasteiger partial charge in [-0.05, 0) is 58.7 Å². The zero-order valence-electron chi connectivity index (χ0n) is 25.0. The highest BCUT2D eigenvalue weighted by Gasteiger charge is 2.44. The number of rotatable bonds is 8. The number of hydrogen-bond donors (Lipinski definition) is 2. The van der Waals surface area contributed by atoms with Crippen molar-refractivity contribution < 1.29 is 23.9 Å². The number of halogens is 1. The number of phenols is 1. The van der Waals surface area contributed by atoms with Crippen LogP contribution in [0.2, 0.25) is 0 Å². The van der Waals surface area contributed by atoms with Gasteiger partial charge in [0.25, 0.3) is 0 Å². The Morgan fingerprint density at radius 2 is 1.64 bits per heavy atom. The van der Waals surface area contributed by atoms with Crippen LogP contribution < -0.4 is 5.32 Å². The summed E-state index contributed by atoms with van der Waals surface area (Å²) >= 11 is 0. The highest BCUT2D eigenvalue weighted by molar-refractivity contribution is 5.91. The summed E-state index contributed by atoms with van der Waals surface area (Å²) < 4.78 is 13.3. The minimum atomic E-state index is -0.928. The Labute approximate surface area is 256 Å². The van der Waals surface area contributed by atoms with Gasteiger partial charge in [0.15, 0.2) is 0 Å². The Morgan fingerprint density at radius 1 is 0.977 bits per heavy atom. The van der Waals surface area contributed by atoms with Crippen molar-refractivity contribution in [3.8, 4) is 5.75 Å². The van der Waals surface area contributed by atoms with Crippen molar-refractivity contribution in [3.63, 3.8) is 0 Å². The third kappa shape index (κ3) is 6.65. The van der Waals surface area contributed by atoms with Crippen LogP contribution in [0.25, 0.3) is 10.8 Å². The van der Waals surface area contributed by atoms with Gasteiger partial charge in [0, 0.05) is 33.6 Å². The molecule has 0 aromatic heterocycles. The smallest absolute Gasteiger partial charge is 0.334 e. The molecule has 0 aliphatic carbocycles. The van der Waals surface area contributed by atoms with Gasteiger partial charge in [-0.2, -0.15) is 0 Å². The second-order valence-electron chi connectivity index (χ2n) is 11.1. The molecule has 4 aromatic carbocycles. The summed E-state index contributed by atoms with van der Waals surface area (Å²) in [6.45, 7) is 2.09. The van der Waals surface area contributed by atoms with Gasteiger partial charge in [-0.15, -0.1) is 0 Å². The Hall–Kier alpha value is -4.96. The largest absolute Gasteiger partial charge is 0.508 e. The van der Waals surface area contributed by atoms with E-state index in [2.05, 4.69) is 5.32 Å². The standard InChI is InChI=1S/C34H36FN5O4/c1-23-39(32(42)22-38(3)40(23)34(44)36-20-25-11-15-28(35)16-12-25)31(19-24-13-17-29(41)18-14-24)33(43)37(2)21-27-9-6-8-26-7-4-5-10-30(26)27/h4-18,23,31,41H,19-22H2,1-3H3,(H,36,44)/t23-,31-/m0/s1. The first kappa shape index (κ1) is 30.5. The van der Waals surface area contributed by atoms with Crippen molar-refractivity contribution >= 4 is 28.6 Å². The van der Waals surface area contributed by atoms with E-state index in [0.717, 1.165) is 27.5 Å². The van der Waals surface area contributed by atoms with E-state index in [0.29, 0.717) is 6.54 Å². The Bertz CT molecular complexity index is 1640. The lowest BCUT2D eigenvalue weighted by Crippen LogP contribution is -2.69. The van der Waals surface area contributed by atoms with Gasteiger partial charge in [0.2, 0.25) is 11.8 Å². The average molecular weight is 598 g/mol. The Morgan fingerprint density at radius 3 is 2.36 bits per heavy atom. The number of likely N-dealkylation sites (N-methyl/N-ethyl adjacent to an activating group) is 2. The minimum Gasteiger partial charge on any atom is -0.508 e. The first-order valence-corrected chi connectivity index (χ1v) is 14.5. The zero-order valence-corrected chi connectivity index (χ0v) is 25.0. The molecule has 5 rings (SSSR count). The van der Waals surface area contributed by atoms with Gasteiger partial charge in [-0.1, -0.05) is 66.7 Å². The summed E-state index contributed by atoms with van der Waals surface area (Å²) in [6.07, 6.45) is -0.615. The number of carbonyl (C=O) groups is 3. The van der Waals surface area contributed by atoms with Crippen LogP contribution in [-0.4, -0.2) is 75.6 Å². The number of amides is 4. The highest BCUT2D eigenvalue weighted by Crippen LogP contribution is 2.25. The van der Waals surface area contributed by atoms with E-state index < -0.39 is 18.2 Å². The molecule has 44 heavy (non-hydrogen) atoms. The van der Waals surface area contributed by atoms with Crippen LogP contribution in [0.1, 0.15) is 23.6 Å². The molecule has 1 heterocycles. The molecular formula is C34H36FN5O4. The highest BCUT2D eigenvalue weighted by atomic mass is 19.1. The molecule has 9 nitrogen and oxygen atoms in total. The van der Waals surface area contributed by atoms with Crippen LogP contribution in [0.4, 0.5) is 9.18 Å². The van der Waals surface area contributed by atoms with Crippen LogP contribution in [0.3, 0.4) is 0 Å². The van der Waals surface area contributed by atoms with Crippen molar-refractivity contribution in [2.24, 2.45) is 0 Å². The number of fused-ring (bicyclic) bond motifs is 1. The van der Waals surface area contributed by atoms with Crippen LogP contribution in [0, 0.1) is 5.82 Å². The van der Waals surface area contributed by atoms with Crippen molar-refractivity contribution in [2.75, 3.05) is 20.6 Å². The first-order chi connectivity index (χ1) is 21.1. The normalized spacial score (nSPS) is 16.2. The van der Waals surface area contributed by atoms with Gasteiger partial charge in [0.05, 0.1) is 6.54 Å². The number of urea groups is 1. The summed E-state index contributed by atoms with van der Waals surface area (Å²) in [5.74, 6) is -0.841. The van der Waals surface area contributed by atoms with E-state index in [1.54, 1.807) is 62.3 Å². The molecule has 1 aliphatic heterocycles. The predicted molar refractivity (Wildman–Crippen MR) is 165 cm³/mol. The van der Waals surface area contributed by atoms with E-state index >= 15 is 0 Å². The number of benzene rings is 4. The average Bonchev–Trinajstić information content (AvgIpc) is 3.01. The number of hydrogen-bond acceptors (Lipinski definition) is 5. The SMILES string of the molecule is C[C@H]1N([C@@H](Cc2ccc(O)cc2)C(=O)N(C)Cc2cccc3ccccc23)C(=O)CN(C)N1C(=O)NCc1ccc(F)cc1. The molecule has 4 aromatic rings. The maximum Gasteiger partial charge on any atom is 0.334 e. The van der Waals surface area contributed by atoms with Crippen LogP contribution in [0.5, 0.6) is 5.75 Å². The molecule has 1 saturated heterocycles. The van der Waals surface area contributed by atoms with Crippen LogP contribution in [-0.2, 0) is 29.1 Å². The number of aromatic hydroxyl groups is 1. The maximum absolute atomic E-state index is 14.3. The number of hydrazine groups is 1. The molecule has 0 radical (unpaired) electrons. The van der Waals surface area contributed by atoms with E-state index in [4.69, 9.17) is 0 Å². The lowest BCUT2D eigenvalue weighted by Gasteiger charge is -2.49. The van der Waals surface area contributed by atoms with Crippen LogP contribution >= 0.6 is 0 Å². The zero-order chi connectivity index (χ0) is 31.4. The molecule has 228 valence electrons. The molecule has 1 aliphatic rings. The van der Waals surface area contributed by atoms with Gasteiger partial charge in [0.1, 0.15) is 23.8 Å². The molecule has 1 fully saturated rings.